The minimum absolute atomic E-state index is 0.101. The van der Waals surface area contributed by atoms with Gasteiger partial charge in [-0.25, -0.2) is 0 Å². The van der Waals surface area contributed by atoms with Crippen molar-refractivity contribution >= 4 is 21.7 Å². The minimum atomic E-state index is 0.101. The number of nitriles is 1. The zero-order chi connectivity index (χ0) is 13.7. The number of nitrogens with zero attached hydrogens (tertiary/aromatic N) is 1. The predicted molar refractivity (Wildman–Crippen MR) is 78.0 cm³/mol. The maximum atomic E-state index is 12.0. The van der Waals surface area contributed by atoms with Gasteiger partial charge in [0.15, 0.2) is 5.78 Å². The van der Waals surface area contributed by atoms with Crippen molar-refractivity contribution in [1.82, 2.24) is 0 Å². The van der Waals surface area contributed by atoms with E-state index in [0.29, 0.717) is 17.5 Å². The number of carbonyl (C=O) groups excluding carboxylic acids is 1. The lowest BCUT2D eigenvalue weighted by molar-refractivity contribution is 0.0983. The summed E-state index contributed by atoms with van der Waals surface area (Å²) < 4.78 is 1.02. The highest BCUT2D eigenvalue weighted by molar-refractivity contribution is 9.10. The van der Waals surface area contributed by atoms with Gasteiger partial charge in [0.1, 0.15) is 0 Å². The molecule has 2 nitrogen and oxygen atoms in total. The summed E-state index contributed by atoms with van der Waals surface area (Å²) in [6.45, 7) is 0. The highest BCUT2D eigenvalue weighted by Gasteiger charge is 2.06. The highest BCUT2D eigenvalue weighted by atomic mass is 79.9. The summed E-state index contributed by atoms with van der Waals surface area (Å²) in [4.78, 5) is 12.0. The second-order valence-corrected chi connectivity index (χ2v) is 5.16. The Hall–Kier alpha value is -1.92. The molecule has 2 aromatic carbocycles. The third-order valence-corrected chi connectivity index (χ3v) is 3.36. The van der Waals surface area contributed by atoms with E-state index in [-0.39, 0.29) is 5.78 Å². The van der Waals surface area contributed by atoms with Crippen LogP contribution in [0.3, 0.4) is 0 Å². The fourth-order valence-electron chi connectivity index (χ4n) is 1.83. The Kier molecular flexibility index (Phi) is 4.48. The van der Waals surface area contributed by atoms with Gasteiger partial charge >= 0.3 is 0 Å². The number of hydrogen-bond donors (Lipinski definition) is 0. The number of hydrogen-bond acceptors (Lipinski definition) is 2. The van der Waals surface area contributed by atoms with E-state index in [0.717, 1.165) is 16.5 Å². The van der Waals surface area contributed by atoms with Crippen molar-refractivity contribution in [3.63, 3.8) is 0 Å². The van der Waals surface area contributed by atoms with Crippen LogP contribution in [0.5, 0.6) is 0 Å². The van der Waals surface area contributed by atoms with Crippen LogP contribution in [0.25, 0.3) is 0 Å². The minimum Gasteiger partial charge on any atom is -0.294 e. The Morgan fingerprint density at radius 2 is 1.89 bits per heavy atom. The first-order valence-corrected chi connectivity index (χ1v) is 6.76. The van der Waals surface area contributed by atoms with Gasteiger partial charge < -0.3 is 0 Å². The van der Waals surface area contributed by atoms with Gasteiger partial charge in [-0.15, -0.1) is 0 Å². The normalized spacial score (nSPS) is 9.89. The van der Waals surface area contributed by atoms with Crippen molar-refractivity contribution < 1.29 is 4.79 Å². The average Bonchev–Trinajstić information content (AvgIpc) is 2.45. The van der Waals surface area contributed by atoms with Gasteiger partial charge in [0.2, 0.25) is 0 Å². The molecule has 0 radical (unpaired) electrons. The molecule has 2 aromatic rings. The van der Waals surface area contributed by atoms with Crippen molar-refractivity contribution in [3.8, 4) is 6.07 Å². The lowest BCUT2D eigenvalue weighted by Crippen LogP contribution is -2.01. The summed E-state index contributed by atoms with van der Waals surface area (Å²) >= 11 is 3.41. The standard InChI is InChI=1S/C16H12BrNO/c17-15-3-1-2-12(10-15)6-9-16(19)14-7-4-13(11-18)5-8-14/h1-5,7-8,10H,6,9H2. The number of rotatable bonds is 4. The number of ketones is 1. The zero-order valence-corrected chi connectivity index (χ0v) is 11.9. The van der Waals surface area contributed by atoms with E-state index in [1.54, 1.807) is 24.3 Å². The Balaban J connectivity index is 1.99. The van der Waals surface area contributed by atoms with Crippen LogP contribution in [-0.2, 0) is 6.42 Å². The molecule has 0 heterocycles. The Labute approximate surface area is 120 Å². The van der Waals surface area contributed by atoms with Crippen molar-refractivity contribution in [2.75, 3.05) is 0 Å². The van der Waals surface area contributed by atoms with Gasteiger partial charge in [-0.3, -0.25) is 4.79 Å². The molecule has 0 aliphatic rings. The first-order chi connectivity index (χ1) is 9.19. The molecule has 0 saturated heterocycles. The van der Waals surface area contributed by atoms with E-state index in [1.807, 2.05) is 30.3 Å². The molecule has 0 unspecified atom stereocenters. The summed E-state index contributed by atoms with van der Waals surface area (Å²) in [5.41, 5.74) is 2.37. The Morgan fingerprint density at radius 1 is 1.16 bits per heavy atom. The molecule has 0 N–H and O–H groups in total. The first-order valence-electron chi connectivity index (χ1n) is 5.97. The van der Waals surface area contributed by atoms with Gasteiger partial charge in [-0.1, -0.05) is 40.2 Å². The van der Waals surface area contributed by atoms with Gasteiger partial charge in [-0.05, 0) is 36.2 Å². The molecular weight excluding hydrogens is 302 g/mol. The lowest BCUT2D eigenvalue weighted by atomic mass is 10.0. The van der Waals surface area contributed by atoms with Crippen LogP contribution in [0.2, 0.25) is 0 Å². The molecule has 0 bridgehead atoms. The maximum Gasteiger partial charge on any atom is 0.163 e. The van der Waals surface area contributed by atoms with E-state index in [2.05, 4.69) is 15.9 Å². The van der Waals surface area contributed by atoms with Gasteiger partial charge in [0.25, 0.3) is 0 Å². The summed E-state index contributed by atoms with van der Waals surface area (Å²) in [5.74, 6) is 0.101. The van der Waals surface area contributed by atoms with Crippen LogP contribution in [-0.4, -0.2) is 5.78 Å². The van der Waals surface area contributed by atoms with E-state index >= 15 is 0 Å². The smallest absolute Gasteiger partial charge is 0.163 e. The monoisotopic (exact) mass is 313 g/mol. The number of halogens is 1. The Bertz CT molecular complexity index is 626. The highest BCUT2D eigenvalue weighted by Crippen LogP contribution is 2.14. The molecule has 0 aliphatic heterocycles. The van der Waals surface area contributed by atoms with Gasteiger partial charge in [0.05, 0.1) is 11.6 Å². The molecule has 0 saturated carbocycles. The fourth-order valence-corrected chi connectivity index (χ4v) is 2.27. The molecule has 0 spiro atoms. The summed E-state index contributed by atoms with van der Waals surface area (Å²) in [7, 11) is 0. The largest absolute Gasteiger partial charge is 0.294 e. The molecule has 19 heavy (non-hydrogen) atoms. The molecule has 0 amide bonds. The topological polar surface area (TPSA) is 40.9 Å². The SMILES string of the molecule is N#Cc1ccc(C(=O)CCc2cccc(Br)c2)cc1. The number of carbonyl (C=O) groups is 1. The fraction of sp³-hybridized carbons (Fsp3) is 0.125. The molecule has 0 fully saturated rings. The third-order valence-electron chi connectivity index (χ3n) is 2.87. The molecule has 0 aliphatic carbocycles. The predicted octanol–water partition coefficient (Wildman–Crippen LogP) is 4.14. The molecular formula is C16H12BrNO. The number of Topliss-reactive ketones (excluding diaryl/α,β-unsaturated/α-hetero) is 1. The van der Waals surface area contributed by atoms with Gasteiger partial charge in [-0.2, -0.15) is 5.26 Å². The summed E-state index contributed by atoms with van der Waals surface area (Å²) in [5, 5.41) is 8.71. The second-order valence-electron chi connectivity index (χ2n) is 4.24. The third kappa shape index (κ3) is 3.77. The summed E-state index contributed by atoms with van der Waals surface area (Å²) in [6, 6.07) is 16.8. The van der Waals surface area contributed by atoms with Crippen LogP contribution >= 0.6 is 15.9 Å². The van der Waals surface area contributed by atoms with E-state index < -0.39 is 0 Å². The van der Waals surface area contributed by atoms with Gasteiger partial charge in [0, 0.05) is 16.5 Å². The molecule has 0 atom stereocenters. The molecule has 3 heteroatoms. The maximum absolute atomic E-state index is 12.0. The molecule has 94 valence electrons. The Morgan fingerprint density at radius 3 is 2.53 bits per heavy atom. The van der Waals surface area contributed by atoms with Crippen LogP contribution in [0.1, 0.15) is 27.9 Å². The number of benzene rings is 2. The van der Waals surface area contributed by atoms with Crippen molar-refractivity contribution in [2.24, 2.45) is 0 Å². The molecule has 2 rings (SSSR count). The average molecular weight is 314 g/mol. The van der Waals surface area contributed by atoms with Crippen LogP contribution in [0.15, 0.2) is 53.0 Å². The van der Waals surface area contributed by atoms with Crippen LogP contribution in [0, 0.1) is 11.3 Å². The first kappa shape index (κ1) is 13.5. The van der Waals surface area contributed by atoms with Crippen LogP contribution in [0.4, 0.5) is 0 Å². The van der Waals surface area contributed by atoms with E-state index in [4.69, 9.17) is 5.26 Å². The zero-order valence-electron chi connectivity index (χ0n) is 10.3. The summed E-state index contributed by atoms with van der Waals surface area (Å²) in [6.07, 6.45) is 1.20. The van der Waals surface area contributed by atoms with Crippen molar-refractivity contribution in [3.05, 3.63) is 69.7 Å². The van der Waals surface area contributed by atoms with E-state index in [9.17, 15) is 4.79 Å². The van der Waals surface area contributed by atoms with Crippen molar-refractivity contribution in [2.45, 2.75) is 12.8 Å². The van der Waals surface area contributed by atoms with Crippen LogP contribution < -0.4 is 0 Å². The number of aryl methyl sites for hydroxylation is 1. The lowest BCUT2D eigenvalue weighted by Gasteiger charge is -2.02. The second kappa shape index (κ2) is 6.31. The quantitative estimate of drug-likeness (QED) is 0.796. The van der Waals surface area contributed by atoms with E-state index in [1.165, 1.54) is 0 Å². The van der Waals surface area contributed by atoms with Crippen molar-refractivity contribution in [1.29, 1.82) is 5.26 Å². The molecule has 0 aromatic heterocycles.